The standard InChI is InChI=1S/C17H16BrCl2NO3/c1-21(9-11-6-12(18)4-5-15(11)23-2)17(22)10-7-13(19)16(24-3)14(20)8-10/h4-8H,9H2,1-3H3. The van der Waals surface area contributed by atoms with Crippen molar-refractivity contribution in [2.45, 2.75) is 6.54 Å². The maximum absolute atomic E-state index is 12.7. The van der Waals surface area contributed by atoms with Gasteiger partial charge in [-0.25, -0.2) is 0 Å². The summed E-state index contributed by atoms with van der Waals surface area (Å²) in [4.78, 5) is 14.2. The minimum atomic E-state index is -0.205. The molecule has 24 heavy (non-hydrogen) atoms. The lowest BCUT2D eigenvalue weighted by molar-refractivity contribution is 0.0784. The number of amides is 1. The third-order valence-corrected chi connectivity index (χ3v) is 4.50. The first-order valence-electron chi connectivity index (χ1n) is 6.98. The third kappa shape index (κ3) is 4.15. The van der Waals surface area contributed by atoms with Gasteiger partial charge in [0.1, 0.15) is 5.75 Å². The fourth-order valence-electron chi connectivity index (χ4n) is 2.30. The number of nitrogens with zero attached hydrogens (tertiary/aromatic N) is 1. The normalized spacial score (nSPS) is 10.4. The fourth-order valence-corrected chi connectivity index (χ4v) is 3.35. The Balaban J connectivity index is 2.26. The minimum Gasteiger partial charge on any atom is -0.496 e. The van der Waals surface area contributed by atoms with Crippen molar-refractivity contribution in [1.82, 2.24) is 4.90 Å². The van der Waals surface area contributed by atoms with Gasteiger partial charge in [-0.3, -0.25) is 4.79 Å². The molecule has 0 spiro atoms. The molecule has 0 aliphatic rings. The average molecular weight is 433 g/mol. The summed E-state index contributed by atoms with van der Waals surface area (Å²) >= 11 is 15.6. The van der Waals surface area contributed by atoms with Crippen LogP contribution in [0.4, 0.5) is 0 Å². The molecule has 0 unspecified atom stereocenters. The lowest BCUT2D eigenvalue weighted by Crippen LogP contribution is -2.26. The van der Waals surface area contributed by atoms with Crippen LogP contribution in [-0.2, 0) is 6.54 Å². The van der Waals surface area contributed by atoms with Crippen LogP contribution in [0, 0.1) is 0 Å². The Morgan fingerprint density at radius 2 is 1.75 bits per heavy atom. The highest BCUT2D eigenvalue weighted by Crippen LogP contribution is 2.34. The van der Waals surface area contributed by atoms with Crippen molar-refractivity contribution < 1.29 is 14.3 Å². The van der Waals surface area contributed by atoms with E-state index in [9.17, 15) is 4.79 Å². The summed E-state index contributed by atoms with van der Waals surface area (Å²) in [5.74, 6) is 0.860. The molecule has 0 atom stereocenters. The number of rotatable bonds is 5. The van der Waals surface area contributed by atoms with Crippen molar-refractivity contribution in [2.75, 3.05) is 21.3 Å². The number of carbonyl (C=O) groups excluding carboxylic acids is 1. The highest BCUT2D eigenvalue weighted by molar-refractivity contribution is 9.10. The molecule has 0 radical (unpaired) electrons. The topological polar surface area (TPSA) is 38.8 Å². The van der Waals surface area contributed by atoms with Gasteiger partial charge in [-0.15, -0.1) is 0 Å². The molecule has 4 nitrogen and oxygen atoms in total. The molecule has 0 N–H and O–H groups in total. The Hall–Kier alpha value is -1.43. The molecule has 7 heteroatoms. The molecule has 2 rings (SSSR count). The predicted molar refractivity (Wildman–Crippen MR) is 99.5 cm³/mol. The fraction of sp³-hybridized carbons (Fsp3) is 0.235. The second-order valence-electron chi connectivity index (χ2n) is 5.09. The van der Waals surface area contributed by atoms with Crippen LogP contribution in [0.25, 0.3) is 0 Å². The van der Waals surface area contributed by atoms with Crippen LogP contribution in [0.3, 0.4) is 0 Å². The van der Waals surface area contributed by atoms with Crippen molar-refractivity contribution >= 4 is 45.0 Å². The number of hydrogen-bond acceptors (Lipinski definition) is 3. The van der Waals surface area contributed by atoms with Crippen LogP contribution in [0.15, 0.2) is 34.8 Å². The Kier molecular flexibility index (Phi) is 6.38. The van der Waals surface area contributed by atoms with E-state index in [1.807, 2.05) is 18.2 Å². The number of ether oxygens (including phenoxy) is 2. The summed E-state index contributed by atoms with van der Waals surface area (Å²) in [5, 5.41) is 0.587. The molecule has 0 saturated carbocycles. The van der Waals surface area contributed by atoms with E-state index in [-0.39, 0.29) is 5.91 Å². The van der Waals surface area contributed by atoms with Crippen LogP contribution < -0.4 is 9.47 Å². The Morgan fingerprint density at radius 1 is 1.12 bits per heavy atom. The first-order valence-corrected chi connectivity index (χ1v) is 8.53. The lowest BCUT2D eigenvalue weighted by Gasteiger charge is -2.20. The van der Waals surface area contributed by atoms with E-state index in [1.54, 1.807) is 31.2 Å². The molecular weight excluding hydrogens is 417 g/mol. The summed E-state index contributed by atoms with van der Waals surface area (Å²) in [7, 11) is 4.77. The van der Waals surface area contributed by atoms with Gasteiger partial charge in [0.05, 0.1) is 24.3 Å². The number of halogens is 3. The second kappa shape index (κ2) is 8.10. The van der Waals surface area contributed by atoms with Gasteiger partial charge in [-0.05, 0) is 30.3 Å². The first-order chi connectivity index (χ1) is 11.4. The zero-order valence-electron chi connectivity index (χ0n) is 13.4. The molecule has 0 aliphatic heterocycles. The molecule has 2 aromatic carbocycles. The third-order valence-electron chi connectivity index (χ3n) is 3.45. The van der Waals surface area contributed by atoms with Gasteiger partial charge >= 0.3 is 0 Å². The SMILES string of the molecule is COc1ccc(Br)cc1CN(C)C(=O)c1cc(Cl)c(OC)c(Cl)c1. The van der Waals surface area contributed by atoms with Gasteiger partial charge in [0.25, 0.3) is 5.91 Å². The molecule has 128 valence electrons. The van der Waals surface area contributed by atoms with Gasteiger partial charge < -0.3 is 14.4 Å². The highest BCUT2D eigenvalue weighted by atomic mass is 79.9. The minimum absolute atomic E-state index is 0.205. The summed E-state index contributed by atoms with van der Waals surface area (Å²) in [6, 6.07) is 8.73. The monoisotopic (exact) mass is 431 g/mol. The quantitative estimate of drug-likeness (QED) is 0.663. The van der Waals surface area contributed by atoms with E-state index in [1.165, 1.54) is 7.11 Å². The predicted octanol–water partition coefficient (Wildman–Crippen LogP) is 5.05. The van der Waals surface area contributed by atoms with Gasteiger partial charge in [-0.1, -0.05) is 39.1 Å². The number of carbonyl (C=O) groups is 1. The summed E-state index contributed by atoms with van der Waals surface area (Å²) < 4.78 is 11.3. The zero-order valence-corrected chi connectivity index (χ0v) is 16.5. The van der Waals surface area contributed by atoms with Crippen LogP contribution in [0.1, 0.15) is 15.9 Å². The maximum Gasteiger partial charge on any atom is 0.254 e. The zero-order chi connectivity index (χ0) is 17.9. The molecule has 0 aromatic heterocycles. The Bertz CT molecular complexity index is 744. The highest BCUT2D eigenvalue weighted by Gasteiger charge is 2.18. The number of benzene rings is 2. The summed E-state index contributed by atoms with van der Waals surface area (Å²) in [5.41, 5.74) is 1.27. The van der Waals surface area contributed by atoms with Gasteiger partial charge in [0.15, 0.2) is 5.75 Å². The van der Waals surface area contributed by atoms with Crippen molar-refractivity contribution in [3.05, 3.63) is 56.0 Å². The number of methoxy groups -OCH3 is 2. The lowest BCUT2D eigenvalue weighted by atomic mass is 10.1. The van der Waals surface area contributed by atoms with Crippen molar-refractivity contribution in [3.8, 4) is 11.5 Å². The van der Waals surface area contributed by atoms with Crippen molar-refractivity contribution in [1.29, 1.82) is 0 Å². The van der Waals surface area contributed by atoms with E-state index in [0.717, 1.165) is 10.0 Å². The van der Waals surface area contributed by atoms with Gasteiger partial charge in [-0.2, -0.15) is 0 Å². The smallest absolute Gasteiger partial charge is 0.254 e. The van der Waals surface area contributed by atoms with Crippen molar-refractivity contribution in [2.24, 2.45) is 0 Å². The molecule has 0 saturated heterocycles. The Morgan fingerprint density at radius 3 is 2.29 bits per heavy atom. The molecule has 0 bridgehead atoms. The van der Waals surface area contributed by atoms with Crippen molar-refractivity contribution in [3.63, 3.8) is 0 Å². The van der Waals surface area contributed by atoms with Crippen LogP contribution in [0.5, 0.6) is 11.5 Å². The van der Waals surface area contributed by atoms with Crippen LogP contribution in [-0.4, -0.2) is 32.1 Å². The largest absolute Gasteiger partial charge is 0.496 e. The molecule has 1 amide bonds. The average Bonchev–Trinajstić information content (AvgIpc) is 2.54. The molecule has 2 aromatic rings. The van der Waals surface area contributed by atoms with E-state index >= 15 is 0 Å². The molecular formula is C17H16BrCl2NO3. The van der Waals surface area contributed by atoms with Crippen LogP contribution >= 0.6 is 39.1 Å². The molecule has 0 aliphatic carbocycles. The van der Waals surface area contributed by atoms with Gasteiger partial charge in [0.2, 0.25) is 0 Å². The van der Waals surface area contributed by atoms with Gasteiger partial charge in [0, 0.05) is 29.2 Å². The number of hydrogen-bond donors (Lipinski definition) is 0. The first kappa shape index (κ1) is 18.9. The summed E-state index contributed by atoms with van der Waals surface area (Å²) in [6.45, 7) is 0.378. The summed E-state index contributed by atoms with van der Waals surface area (Å²) in [6.07, 6.45) is 0. The molecule has 0 fully saturated rings. The van der Waals surface area contributed by atoms with E-state index < -0.39 is 0 Å². The van der Waals surface area contributed by atoms with Crippen LogP contribution in [0.2, 0.25) is 10.0 Å². The van der Waals surface area contributed by atoms with E-state index in [2.05, 4.69) is 15.9 Å². The maximum atomic E-state index is 12.7. The second-order valence-corrected chi connectivity index (χ2v) is 6.82. The van der Waals surface area contributed by atoms with E-state index in [4.69, 9.17) is 32.7 Å². The Labute approximate surface area is 159 Å². The molecule has 0 heterocycles. The van der Waals surface area contributed by atoms with E-state index in [0.29, 0.717) is 33.7 Å².